The van der Waals surface area contributed by atoms with Gasteiger partial charge in [-0.15, -0.1) is 0 Å². The summed E-state index contributed by atoms with van der Waals surface area (Å²) in [5, 5.41) is 0.487. The molecule has 1 heterocycles. The van der Waals surface area contributed by atoms with Crippen LogP contribution < -0.4 is 10.9 Å². The van der Waals surface area contributed by atoms with Gasteiger partial charge >= 0.3 is 11.9 Å². The third-order valence-electron chi connectivity index (χ3n) is 5.52. The van der Waals surface area contributed by atoms with Crippen LogP contribution in [0, 0.1) is 23.7 Å². The van der Waals surface area contributed by atoms with Crippen LogP contribution in [-0.4, -0.2) is 36.5 Å². The summed E-state index contributed by atoms with van der Waals surface area (Å²) in [7, 11) is 0. The first kappa shape index (κ1) is 17.8. The predicted molar refractivity (Wildman–Crippen MR) is 91.1 cm³/mol. The molecule has 8 nitrogen and oxygen atoms in total. The van der Waals surface area contributed by atoms with Crippen molar-refractivity contribution in [2.45, 2.75) is 18.9 Å². The summed E-state index contributed by atoms with van der Waals surface area (Å²) in [6.07, 6.45) is 1.39. The Bertz CT molecular complexity index is 809. The summed E-state index contributed by atoms with van der Waals surface area (Å²) in [5.41, 5.74) is 4.72. The number of esters is 2. The Hall–Kier alpha value is -2.61. The molecule has 0 spiro atoms. The van der Waals surface area contributed by atoms with Crippen LogP contribution in [-0.2, 0) is 23.9 Å². The molecule has 9 heteroatoms. The monoisotopic (exact) mass is 392 g/mol. The molecule has 4 rings (SSSR count). The average molecular weight is 393 g/mol. The van der Waals surface area contributed by atoms with E-state index < -0.39 is 36.2 Å². The van der Waals surface area contributed by atoms with Crippen molar-refractivity contribution in [1.82, 2.24) is 10.9 Å². The lowest BCUT2D eigenvalue weighted by atomic mass is 9.80. The maximum atomic E-state index is 12.4. The van der Waals surface area contributed by atoms with E-state index in [1.165, 1.54) is 12.1 Å². The van der Waals surface area contributed by atoms with Gasteiger partial charge in [0.1, 0.15) is 6.10 Å². The second-order valence-electron chi connectivity index (χ2n) is 7.04. The fourth-order valence-electron chi connectivity index (χ4n) is 4.39. The third kappa shape index (κ3) is 3.25. The van der Waals surface area contributed by atoms with Crippen LogP contribution in [0.1, 0.15) is 23.2 Å². The largest absolute Gasteiger partial charge is 0.462 e. The first-order chi connectivity index (χ1) is 12.9. The van der Waals surface area contributed by atoms with Crippen molar-refractivity contribution in [3.05, 3.63) is 34.9 Å². The van der Waals surface area contributed by atoms with Gasteiger partial charge in [0.05, 0.1) is 11.8 Å². The van der Waals surface area contributed by atoms with Crippen LogP contribution >= 0.6 is 11.6 Å². The fraction of sp³-hybridized carbons (Fsp3) is 0.444. The second-order valence-corrected chi connectivity index (χ2v) is 7.48. The van der Waals surface area contributed by atoms with Gasteiger partial charge in [-0.25, -0.2) is 0 Å². The molecule has 1 aromatic rings. The molecule has 1 aromatic carbocycles. The van der Waals surface area contributed by atoms with Crippen molar-refractivity contribution in [3.63, 3.8) is 0 Å². The highest BCUT2D eigenvalue weighted by atomic mass is 35.5. The number of ether oxygens (including phenoxy) is 2. The van der Waals surface area contributed by atoms with Crippen molar-refractivity contribution in [1.29, 1.82) is 0 Å². The molecule has 1 aliphatic heterocycles. The third-order valence-corrected chi connectivity index (χ3v) is 5.77. The molecule has 2 N–H and O–H groups in total. The molecule has 1 saturated heterocycles. The van der Waals surface area contributed by atoms with E-state index in [1.807, 2.05) is 0 Å². The molecule has 2 bridgehead atoms. The Morgan fingerprint density at radius 3 is 2.63 bits per heavy atom. The van der Waals surface area contributed by atoms with E-state index in [9.17, 15) is 19.2 Å². The van der Waals surface area contributed by atoms with Gasteiger partial charge in [-0.05, 0) is 43.0 Å². The van der Waals surface area contributed by atoms with Crippen molar-refractivity contribution >= 4 is 35.4 Å². The minimum absolute atomic E-state index is 0.0663. The summed E-state index contributed by atoms with van der Waals surface area (Å²) in [6.45, 7) is -0.543. The number of hydrogen-bond donors (Lipinski definition) is 2. The molecule has 3 fully saturated rings. The molecule has 2 saturated carbocycles. The van der Waals surface area contributed by atoms with Crippen LogP contribution in [0.3, 0.4) is 0 Å². The quantitative estimate of drug-likeness (QED) is 0.580. The molecule has 0 aromatic heterocycles. The smallest absolute Gasteiger partial charge is 0.310 e. The second kappa shape index (κ2) is 6.84. The standard InChI is InChI=1S/C18H17ClN2O6/c19-10-3-1-8(2-4-10)16(23)21-20-13(22)7-26-17(24)14-9-5-11-12(6-9)27-18(25)15(11)14/h1-4,9,11-12,14-15H,5-7H2,(H,20,22)(H,21,23)/t9-,11+,12+,14-,15-/m1/s1. The van der Waals surface area contributed by atoms with E-state index in [1.54, 1.807) is 12.1 Å². The molecule has 3 aliphatic rings. The number of hydrazine groups is 1. The molecule has 27 heavy (non-hydrogen) atoms. The van der Waals surface area contributed by atoms with E-state index in [4.69, 9.17) is 21.1 Å². The number of carbonyl (C=O) groups excluding carboxylic acids is 4. The van der Waals surface area contributed by atoms with Crippen LogP contribution in [0.25, 0.3) is 0 Å². The number of rotatable bonds is 4. The fourth-order valence-corrected chi connectivity index (χ4v) is 4.52. The topological polar surface area (TPSA) is 111 Å². The lowest BCUT2D eigenvalue weighted by Crippen LogP contribution is -2.44. The number of benzene rings is 1. The maximum Gasteiger partial charge on any atom is 0.310 e. The Balaban J connectivity index is 1.25. The van der Waals surface area contributed by atoms with Crippen molar-refractivity contribution in [2.24, 2.45) is 23.7 Å². The highest BCUT2D eigenvalue weighted by Gasteiger charge is 2.64. The minimum atomic E-state index is -0.680. The van der Waals surface area contributed by atoms with Gasteiger partial charge in [0.15, 0.2) is 6.61 Å². The maximum absolute atomic E-state index is 12.4. The molecule has 2 aliphatic carbocycles. The number of amides is 2. The van der Waals surface area contributed by atoms with Gasteiger partial charge in [0.2, 0.25) is 0 Å². The van der Waals surface area contributed by atoms with Crippen molar-refractivity contribution in [3.8, 4) is 0 Å². The Labute approximate surface area is 159 Å². The zero-order valence-corrected chi connectivity index (χ0v) is 14.9. The van der Waals surface area contributed by atoms with Gasteiger partial charge in [-0.2, -0.15) is 0 Å². The molecule has 0 unspecified atom stereocenters. The van der Waals surface area contributed by atoms with Crippen LogP contribution in [0.4, 0.5) is 0 Å². The van der Waals surface area contributed by atoms with Crippen LogP contribution in [0.2, 0.25) is 5.02 Å². The first-order valence-corrected chi connectivity index (χ1v) is 9.03. The zero-order chi connectivity index (χ0) is 19.1. The summed E-state index contributed by atoms with van der Waals surface area (Å²) in [5.74, 6) is -2.95. The lowest BCUT2D eigenvalue weighted by molar-refractivity contribution is -0.158. The van der Waals surface area contributed by atoms with Gasteiger partial charge in [0.25, 0.3) is 11.8 Å². The van der Waals surface area contributed by atoms with Crippen LogP contribution in [0.5, 0.6) is 0 Å². The molecule has 0 radical (unpaired) electrons. The number of carbonyl (C=O) groups is 4. The number of nitrogens with one attached hydrogen (secondary N) is 2. The summed E-state index contributed by atoms with van der Waals surface area (Å²) < 4.78 is 10.3. The number of halogens is 1. The minimum Gasteiger partial charge on any atom is -0.462 e. The molecular weight excluding hydrogens is 376 g/mol. The van der Waals surface area contributed by atoms with E-state index in [0.717, 1.165) is 6.42 Å². The summed E-state index contributed by atoms with van der Waals surface area (Å²) >= 11 is 5.75. The molecule has 142 valence electrons. The predicted octanol–water partition coefficient (Wildman–Crippen LogP) is 0.842. The zero-order valence-electron chi connectivity index (χ0n) is 14.1. The Morgan fingerprint density at radius 2 is 1.89 bits per heavy atom. The Kier molecular flexibility index (Phi) is 4.51. The summed E-state index contributed by atoms with van der Waals surface area (Å²) in [4.78, 5) is 48.0. The highest BCUT2D eigenvalue weighted by Crippen LogP contribution is 2.57. The highest BCUT2D eigenvalue weighted by molar-refractivity contribution is 6.30. The van der Waals surface area contributed by atoms with E-state index in [0.29, 0.717) is 17.0 Å². The lowest BCUT2D eigenvalue weighted by Gasteiger charge is -2.22. The SMILES string of the molecule is O=C(COC(=O)[C@@H]1[C@@H]2C[C@@H]3[C@H]1C(=O)O[C@H]3C2)NNC(=O)c1ccc(Cl)cc1. The van der Waals surface area contributed by atoms with Crippen LogP contribution in [0.15, 0.2) is 24.3 Å². The van der Waals surface area contributed by atoms with Gasteiger partial charge in [0, 0.05) is 16.5 Å². The van der Waals surface area contributed by atoms with E-state index in [-0.39, 0.29) is 23.9 Å². The van der Waals surface area contributed by atoms with Crippen molar-refractivity contribution in [2.75, 3.05) is 6.61 Å². The van der Waals surface area contributed by atoms with E-state index in [2.05, 4.69) is 10.9 Å². The number of fused-ring (bicyclic) bond motifs is 1. The average Bonchev–Trinajstić information content (AvgIpc) is 3.27. The molecular formula is C18H17ClN2O6. The molecule has 2 amide bonds. The van der Waals surface area contributed by atoms with Gasteiger partial charge in [-0.1, -0.05) is 11.6 Å². The summed E-state index contributed by atoms with van der Waals surface area (Å²) in [6, 6.07) is 6.11. The van der Waals surface area contributed by atoms with Gasteiger partial charge in [-0.3, -0.25) is 30.0 Å². The molecule has 5 atom stereocenters. The Morgan fingerprint density at radius 1 is 1.15 bits per heavy atom. The van der Waals surface area contributed by atoms with E-state index >= 15 is 0 Å². The van der Waals surface area contributed by atoms with Gasteiger partial charge < -0.3 is 9.47 Å². The normalized spacial score (nSPS) is 30.0. The van der Waals surface area contributed by atoms with Crippen molar-refractivity contribution < 1.29 is 28.7 Å². The number of hydrogen-bond acceptors (Lipinski definition) is 6. The first-order valence-electron chi connectivity index (χ1n) is 8.66.